The molecule has 1 heterocycles. The molecule has 0 spiro atoms. The second-order valence-corrected chi connectivity index (χ2v) is 5.75. The first-order chi connectivity index (χ1) is 12.2. The fourth-order valence-electron chi connectivity index (χ4n) is 2.43. The van der Waals surface area contributed by atoms with Gasteiger partial charge in [-0.3, -0.25) is 4.79 Å². The molecule has 0 aliphatic rings. The summed E-state index contributed by atoms with van der Waals surface area (Å²) in [5.41, 5.74) is 2.50. The number of nitrogens with one attached hydrogen (secondary N) is 2. The molecule has 0 radical (unpaired) electrons. The normalized spacial score (nSPS) is 11.6. The summed E-state index contributed by atoms with van der Waals surface area (Å²) >= 11 is 0. The Morgan fingerprint density at radius 2 is 1.60 bits per heavy atom. The van der Waals surface area contributed by atoms with Gasteiger partial charge >= 0.3 is 0 Å². The Labute approximate surface area is 147 Å². The van der Waals surface area contributed by atoms with Gasteiger partial charge in [-0.05, 0) is 30.2 Å². The van der Waals surface area contributed by atoms with Crippen molar-refractivity contribution in [2.45, 2.75) is 19.5 Å². The van der Waals surface area contributed by atoms with Crippen LogP contribution in [0, 0.1) is 0 Å². The van der Waals surface area contributed by atoms with E-state index in [1.807, 2.05) is 67.6 Å². The van der Waals surface area contributed by atoms with Gasteiger partial charge in [0.2, 0.25) is 0 Å². The molecule has 5 heteroatoms. The van der Waals surface area contributed by atoms with Crippen LogP contribution in [-0.2, 0) is 6.54 Å². The lowest BCUT2D eigenvalue weighted by atomic mass is 10.1. The predicted molar refractivity (Wildman–Crippen MR) is 98.1 cm³/mol. The Hall–Kier alpha value is -3.21. The molecular weight excluding hydrogens is 312 g/mol. The smallest absolute Gasteiger partial charge is 0.272 e. The topological polar surface area (TPSA) is 66.9 Å². The Morgan fingerprint density at radius 1 is 0.920 bits per heavy atom. The van der Waals surface area contributed by atoms with E-state index in [4.69, 9.17) is 0 Å². The van der Waals surface area contributed by atoms with E-state index in [0.717, 1.165) is 11.1 Å². The first-order valence-corrected chi connectivity index (χ1v) is 8.20. The lowest BCUT2D eigenvalue weighted by Crippen LogP contribution is -2.27. The van der Waals surface area contributed by atoms with Gasteiger partial charge < -0.3 is 10.6 Å². The molecule has 126 valence electrons. The van der Waals surface area contributed by atoms with Crippen LogP contribution in [0.25, 0.3) is 0 Å². The maximum absolute atomic E-state index is 12.3. The van der Waals surface area contributed by atoms with Crippen molar-refractivity contribution in [1.82, 2.24) is 15.5 Å². The van der Waals surface area contributed by atoms with Crippen molar-refractivity contribution in [1.29, 1.82) is 0 Å². The van der Waals surface area contributed by atoms with E-state index >= 15 is 0 Å². The molecule has 0 saturated heterocycles. The monoisotopic (exact) mass is 332 g/mol. The number of carbonyl (C=O) groups excluding carboxylic acids is 1. The van der Waals surface area contributed by atoms with Crippen LogP contribution in [-0.4, -0.2) is 16.1 Å². The summed E-state index contributed by atoms with van der Waals surface area (Å²) in [7, 11) is 0. The Kier molecular flexibility index (Phi) is 5.36. The van der Waals surface area contributed by atoms with Gasteiger partial charge in [0, 0.05) is 6.54 Å². The maximum Gasteiger partial charge on any atom is 0.272 e. The molecule has 0 bridgehead atoms. The zero-order valence-electron chi connectivity index (χ0n) is 14.0. The van der Waals surface area contributed by atoms with Crippen LogP contribution in [0.2, 0.25) is 0 Å². The van der Waals surface area contributed by atoms with Gasteiger partial charge in [0.1, 0.15) is 5.82 Å². The van der Waals surface area contributed by atoms with E-state index in [1.165, 1.54) is 0 Å². The van der Waals surface area contributed by atoms with Gasteiger partial charge in [-0.2, -0.15) is 0 Å². The minimum absolute atomic E-state index is 0.0913. The average molecular weight is 332 g/mol. The number of hydrogen-bond donors (Lipinski definition) is 2. The number of hydrogen-bond acceptors (Lipinski definition) is 4. The third kappa shape index (κ3) is 4.64. The second kappa shape index (κ2) is 8.06. The van der Waals surface area contributed by atoms with Crippen LogP contribution in [0.1, 0.15) is 34.6 Å². The van der Waals surface area contributed by atoms with E-state index < -0.39 is 0 Å². The maximum atomic E-state index is 12.3. The molecule has 0 saturated carbocycles. The molecule has 1 amide bonds. The highest BCUT2D eigenvalue weighted by Crippen LogP contribution is 2.12. The first-order valence-electron chi connectivity index (χ1n) is 8.20. The summed E-state index contributed by atoms with van der Waals surface area (Å²) in [6.07, 6.45) is 0. The zero-order valence-corrected chi connectivity index (χ0v) is 14.0. The van der Waals surface area contributed by atoms with E-state index in [2.05, 4.69) is 20.8 Å². The lowest BCUT2D eigenvalue weighted by molar-refractivity contribution is 0.0934. The summed E-state index contributed by atoms with van der Waals surface area (Å²) in [5, 5.41) is 14.2. The Bertz CT molecular complexity index is 804. The Balaban J connectivity index is 1.57. The highest BCUT2D eigenvalue weighted by atomic mass is 16.2. The van der Waals surface area contributed by atoms with E-state index in [-0.39, 0.29) is 11.9 Å². The van der Waals surface area contributed by atoms with Crippen molar-refractivity contribution < 1.29 is 4.79 Å². The first kappa shape index (κ1) is 16.6. The number of aromatic nitrogens is 2. The van der Waals surface area contributed by atoms with Gasteiger partial charge in [0.25, 0.3) is 5.91 Å². The van der Waals surface area contributed by atoms with Gasteiger partial charge in [-0.15, -0.1) is 10.2 Å². The van der Waals surface area contributed by atoms with Crippen molar-refractivity contribution in [2.75, 3.05) is 5.32 Å². The van der Waals surface area contributed by atoms with Crippen LogP contribution in [0.15, 0.2) is 72.8 Å². The van der Waals surface area contributed by atoms with E-state index in [0.29, 0.717) is 18.1 Å². The van der Waals surface area contributed by atoms with Crippen molar-refractivity contribution >= 4 is 11.7 Å². The van der Waals surface area contributed by atoms with Crippen LogP contribution in [0.4, 0.5) is 5.82 Å². The molecule has 1 unspecified atom stereocenters. The fraction of sp³-hybridized carbons (Fsp3) is 0.150. The molecule has 5 nitrogen and oxygen atoms in total. The van der Waals surface area contributed by atoms with Gasteiger partial charge in [0.05, 0.1) is 6.04 Å². The number of benzene rings is 2. The summed E-state index contributed by atoms with van der Waals surface area (Å²) < 4.78 is 0. The predicted octanol–water partition coefficient (Wildman–Crippen LogP) is 3.58. The molecule has 0 fully saturated rings. The molecular formula is C20H20N4O. The molecule has 3 aromatic rings. The molecule has 0 aliphatic carbocycles. The van der Waals surface area contributed by atoms with Crippen molar-refractivity contribution in [3.63, 3.8) is 0 Å². The minimum Gasteiger partial charge on any atom is -0.365 e. The summed E-state index contributed by atoms with van der Waals surface area (Å²) in [5.74, 6) is 0.398. The zero-order chi connectivity index (χ0) is 17.5. The second-order valence-electron chi connectivity index (χ2n) is 5.75. The van der Waals surface area contributed by atoms with Gasteiger partial charge in [0.15, 0.2) is 5.69 Å². The quantitative estimate of drug-likeness (QED) is 0.724. The molecule has 2 aromatic carbocycles. The number of rotatable bonds is 6. The standard InChI is InChI=1S/C20H20N4O/c1-15(17-10-6-3-7-11-17)22-20(25)18-12-13-19(24-23-18)21-14-16-8-4-2-5-9-16/h2-13,15H,14H2,1H3,(H,21,24)(H,22,25). The number of carbonyl (C=O) groups is 1. The molecule has 3 rings (SSSR count). The SMILES string of the molecule is CC(NC(=O)c1ccc(NCc2ccccc2)nn1)c1ccccc1. The minimum atomic E-state index is -0.238. The summed E-state index contributed by atoms with van der Waals surface area (Å²) in [4.78, 5) is 12.3. The number of anilines is 1. The fourth-order valence-corrected chi connectivity index (χ4v) is 2.43. The van der Waals surface area contributed by atoms with E-state index in [1.54, 1.807) is 12.1 Å². The number of amides is 1. The molecule has 1 aromatic heterocycles. The Morgan fingerprint density at radius 3 is 2.24 bits per heavy atom. The average Bonchev–Trinajstić information content (AvgIpc) is 2.68. The molecule has 1 atom stereocenters. The van der Waals surface area contributed by atoms with Crippen molar-refractivity contribution in [3.05, 3.63) is 89.6 Å². The van der Waals surface area contributed by atoms with Gasteiger partial charge in [-0.25, -0.2) is 0 Å². The highest BCUT2D eigenvalue weighted by Gasteiger charge is 2.12. The van der Waals surface area contributed by atoms with Crippen LogP contribution >= 0.6 is 0 Å². The van der Waals surface area contributed by atoms with Crippen molar-refractivity contribution in [2.24, 2.45) is 0 Å². The van der Waals surface area contributed by atoms with E-state index in [9.17, 15) is 4.79 Å². The highest BCUT2D eigenvalue weighted by molar-refractivity contribution is 5.92. The van der Waals surface area contributed by atoms with Crippen LogP contribution in [0.3, 0.4) is 0 Å². The third-order valence-corrected chi connectivity index (χ3v) is 3.86. The number of nitrogens with zero attached hydrogens (tertiary/aromatic N) is 2. The van der Waals surface area contributed by atoms with Crippen molar-refractivity contribution in [3.8, 4) is 0 Å². The van der Waals surface area contributed by atoms with Crippen LogP contribution < -0.4 is 10.6 Å². The van der Waals surface area contributed by atoms with Gasteiger partial charge in [-0.1, -0.05) is 60.7 Å². The molecule has 0 aliphatic heterocycles. The summed E-state index contributed by atoms with van der Waals surface area (Å²) in [6.45, 7) is 2.60. The summed E-state index contributed by atoms with van der Waals surface area (Å²) in [6, 6.07) is 23.2. The molecule has 25 heavy (non-hydrogen) atoms. The largest absolute Gasteiger partial charge is 0.365 e. The lowest BCUT2D eigenvalue weighted by Gasteiger charge is -2.13. The molecule has 2 N–H and O–H groups in total. The third-order valence-electron chi connectivity index (χ3n) is 3.86. The van der Waals surface area contributed by atoms with Crippen LogP contribution in [0.5, 0.6) is 0 Å².